The number of halogens is 2. The summed E-state index contributed by atoms with van der Waals surface area (Å²) < 4.78 is 0.224. The first-order chi connectivity index (χ1) is 5.00. The second kappa shape index (κ2) is 3.60. The van der Waals surface area contributed by atoms with Crippen molar-refractivity contribution in [2.24, 2.45) is 0 Å². The van der Waals surface area contributed by atoms with E-state index in [0.29, 0.717) is 0 Å². The van der Waals surface area contributed by atoms with E-state index in [1.165, 1.54) is 11.1 Å². The van der Waals surface area contributed by atoms with Crippen LogP contribution in [0, 0.1) is 6.92 Å². The lowest BCUT2D eigenvalue weighted by atomic mass is 10.1. The van der Waals surface area contributed by atoms with Gasteiger partial charge in [-0.1, -0.05) is 75.0 Å². The molecule has 0 radical (unpaired) electrons. The van der Waals surface area contributed by atoms with E-state index in [-0.39, 0.29) is 1.43 Å². The Morgan fingerprint density at radius 1 is 1.27 bits per heavy atom. The molecule has 0 atom stereocenters. The Morgan fingerprint density at radius 2 is 1.91 bits per heavy atom. The fourth-order valence-corrected chi connectivity index (χ4v) is 1.59. The van der Waals surface area contributed by atoms with Crippen LogP contribution in [-0.4, -0.2) is 0 Å². The topological polar surface area (TPSA) is 0 Å². The molecular weight excluding hydrogens is 362 g/mol. The summed E-state index contributed by atoms with van der Waals surface area (Å²) in [6, 6.07) is 8.65. The molecule has 2 heteroatoms. The fourth-order valence-electron chi connectivity index (χ4n) is 0.918. The Labute approximate surface area is 95.0 Å². The molecule has 60 valence electrons. The molecule has 1 aromatic rings. The highest BCUT2D eigenvalue weighted by Crippen LogP contribution is 2.38. The van der Waals surface area contributed by atoms with Gasteiger partial charge in [0.15, 0.2) is 0 Å². The summed E-state index contributed by atoms with van der Waals surface area (Å²) >= 11 is 4.89. The fraction of sp³-hybridized carbons (Fsp3) is 0.333. The molecule has 0 nitrogen and oxygen atoms in total. The highest BCUT2D eigenvalue weighted by molar-refractivity contribution is 14.2. The highest BCUT2D eigenvalue weighted by atomic mass is 127. The van der Waals surface area contributed by atoms with E-state index < -0.39 is 0 Å². The summed E-state index contributed by atoms with van der Waals surface area (Å²) in [6.07, 6.45) is 0. The van der Waals surface area contributed by atoms with E-state index >= 15 is 0 Å². The van der Waals surface area contributed by atoms with Crippen LogP contribution in [-0.2, 0) is 1.43 Å². The lowest BCUT2D eigenvalue weighted by Gasteiger charge is -2.14. The second-order valence-corrected chi connectivity index (χ2v) is 9.14. The molecule has 0 heterocycles. The van der Waals surface area contributed by atoms with Gasteiger partial charge in [-0.15, -0.1) is 0 Å². The average Bonchev–Trinajstić information content (AvgIpc) is 1.86. The van der Waals surface area contributed by atoms with Crippen LogP contribution in [0.15, 0.2) is 24.3 Å². The quantitative estimate of drug-likeness (QED) is 0.516. The van der Waals surface area contributed by atoms with Gasteiger partial charge in [-0.2, -0.15) is 0 Å². The molecule has 0 saturated carbocycles. The lowest BCUT2D eigenvalue weighted by molar-refractivity contribution is 1.10. The average molecular weight is 372 g/mol. The van der Waals surface area contributed by atoms with Crippen LogP contribution in [0.1, 0.15) is 18.1 Å². The van der Waals surface area contributed by atoms with E-state index in [4.69, 9.17) is 0 Å². The van der Waals surface area contributed by atoms with Crippen molar-refractivity contribution in [3.8, 4) is 0 Å². The van der Waals surface area contributed by atoms with E-state index in [9.17, 15) is 0 Å². The predicted molar refractivity (Wildman–Crippen MR) is 66.6 cm³/mol. The maximum atomic E-state index is 2.45. The molecule has 0 spiro atoms. The molecule has 1 rings (SSSR count). The summed E-state index contributed by atoms with van der Waals surface area (Å²) in [7, 11) is 0. The van der Waals surface area contributed by atoms with Crippen molar-refractivity contribution in [2.45, 2.75) is 15.3 Å². The Balaban J connectivity index is 3.06. The number of hydrogen-bond acceptors (Lipinski definition) is 0. The molecule has 0 aliphatic rings. The standard InChI is InChI=1S/C9H10I2/c1-7-4-3-5-8(6-7)9(2,10)11/h3-6H,1-2H3. The molecule has 0 fully saturated rings. The first-order valence-corrected chi connectivity index (χ1v) is 5.61. The molecule has 0 amide bonds. The number of alkyl halides is 2. The van der Waals surface area contributed by atoms with Crippen LogP contribution < -0.4 is 0 Å². The zero-order chi connectivity index (χ0) is 8.48. The molecule has 0 aliphatic heterocycles. The van der Waals surface area contributed by atoms with Gasteiger partial charge in [-0.05, 0) is 19.4 Å². The van der Waals surface area contributed by atoms with Crippen molar-refractivity contribution in [1.29, 1.82) is 0 Å². The number of benzene rings is 1. The van der Waals surface area contributed by atoms with Crippen molar-refractivity contribution in [1.82, 2.24) is 0 Å². The van der Waals surface area contributed by atoms with Gasteiger partial charge in [0.05, 0.1) is 1.43 Å². The number of hydrogen-bond donors (Lipinski definition) is 0. The Bertz CT molecular complexity index is 248. The first kappa shape index (κ1) is 9.77. The van der Waals surface area contributed by atoms with Crippen molar-refractivity contribution < 1.29 is 0 Å². The molecule has 0 unspecified atom stereocenters. The third kappa shape index (κ3) is 2.89. The van der Waals surface area contributed by atoms with Crippen LogP contribution in [0.2, 0.25) is 0 Å². The van der Waals surface area contributed by atoms with Crippen LogP contribution in [0.4, 0.5) is 0 Å². The van der Waals surface area contributed by atoms with Crippen molar-refractivity contribution in [3.05, 3.63) is 35.4 Å². The van der Waals surface area contributed by atoms with Gasteiger partial charge in [0.2, 0.25) is 0 Å². The molecular formula is C9H10I2. The minimum atomic E-state index is 0.224. The highest BCUT2D eigenvalue weighted by Gasteiger charge is 2.16. The molecule has 0 N–H and O–H groups in total. The molecule has 0 aliphatic carbocycles. The van der Waals surface area contributed by atoms with Crippen LogP contribution in [0.3, 0.4) is 0 Å². The maximum Gasteiger partial charge on any atom is 0.0954 e. The van der Waals surface area contributed by atoms with E-state index in [2.05, 4.69) is 83.3 Å². The molecule has 11 heavy (non-hydrogen) atoms. The van der Waals surface area contributed by atoms with Crippen LogP contribution in [0.5, 0.6) is 0 Å². The smallest absolute Gasteiger partial charge is 0.0622 e. The first-order valence-electron chi connectivity index (χ1n) is 3.45. The van der Waals surface area contributed by atoms with Crippen LogP contribution in [0.25, 0.3) is 0 Å². The van der Waals surface area contributed by atoms with Crippen molar-refractivity contribution in [3.63, 3.8) is 0 Å². The Hall–Kier alpha value is 0.680. The van der Waals surface area contributed by atoms with Crippen molar-refractivity contribution in [2.75, 3.05) is 0 Å². The normalized spacial score (nSPS) is 11.6. The van der Waals surface area contributed by atoms with E-state index in [0.717, 1.165) is 0 Å². The molecule has 0 aromatic heterocycles. The van der Waals surface area contributed by atoms with Gasteiger partial charge in [0.25, 0.3) is 0 Å². The third-order valence-corrected chi connectivity index (χ3v) is 2.77. The minimum Gasteiger partial charge on any atom is -0.0622 e. The number of rotatable bonds is 1. The molecule has 1 aromatic carbocycles. The molecule has 0 bridgehead atoms. The monoisotopic (exact) mass is 372 g/mol. The van der Waals surface area contributed by atoms with Gasteiger partial charge >= 0.3 is 0 Å². The van der Waals surface area contributed by atoms with Crippen LogP contribution >= 0.6 is 45.2 Å². The van der Waals surface area contributed by atoms with Gasteiger partial charge < -0.3 is 0 Å². The van der Waals surface area contributed by atoms with E-state index in [1.807, 2.05) is 0 Å². The Morgan fingerprint density at radius 3 is 2.27 bits per heavy atom. The van der Waals surface area contributed by atoms with Crippen molar-refractivity contribution >= 4 is 45.2 Å². The lowest BCUT2D eigenvalue weighted by Crippen LogP contribution is -2.01. The van der Waals surface area contributed by atoms with E-state index in [1.54, 1.807) is 0 Å². The summed E-state index contributed by atoms with van der Waals surface area (Å²) in [6.45, 7) is 4.34. The SMILES string of the molecule is Cc1cccc(C(C)(I)I)c1. The van der Waals surface area contributed by atoms with Gasteiger partial charge in [-0.25, -0.2) is 0 Å². The van der Waals surface area contributed by atoms with Gasteiger partial charge in [0, 0.05) is 0 Å². The largest absolute Gasteiger partial charge is 0.0954 e. The Kier molecular flexibility index (Phi) is 3.19. The summed E-state index contributed by atoms with van der Waals surface area (Å²) in [5, 5.41) is 0. The number of aryl methyl sites for hydroxylation is 1. The minimum absolute atomic E-state index is 0.224. The summed E-state index contributed by atoms with van der Waals surface area (Å²) in [5.74, 6) is 0. The third-order valence-electron chi connectivity index (χ3n) is 1.52. The van der Waals surface area contributed by atoms with Gasteiger partial charge in [0.1, 0.15) is 0 Å². The predicted octanol–water partition coefficient (Wildman–Crippen LogP) is 4.04. The summed E-state index contributed by atoms with van der Waals surface area (Å²) in [5.41, 5.74) is 2.72. The molecule has 0 saturated heterocycles. The summed E-state index contributed by atoms with van der Waals surface area (Å²) in [4.78, 5) is 0. The zero-order valence-electron chi connectivity index (χ0n) is 6.57. The van der Waals surface area contributed by atoms with Gasteiger partial charge in [-0.3, -0.25) is 0 Å². The zero-order valence-corrected chi connectivity index (χ0v) is 10.9. The second-order valence-electron chi connectivity index (χ2n) is 2.76. The maximum absolute atomic E-state index is 2.45.